The number of rotatable bonds is 5. The summed E-state index contributed by atoms with van der Waals surface area (Å²) in [6, 6.07) is 0. The van der Waals surface area contributed by atoms with Crippen LogP contribution in [0.1, 0.15) is 77.6 Å². The van der Waals surface area contributed by atoms with Gasteiger partial charge in [-0.15, -0.1) is 0 Å². The van der Waals surface area contributed by atoms with Gasteiger partial charge in [-0.1, -0.05) is 55.2 Å². The van der Waals surface area contributed by atoms with Gasteiger partial charge in [-0.05, 0) is 50.4 Å². The van der Waals surface area contributed by atoms with Crippen LogP contribution in [0.5, 0.6) is 0 Å². The molecule has 1 heteroatoms. The summed E-state index contributed by atoms with van der Waals surface area (Å²) in [6.07, 6.45) is 16.5. The van der Waals surface area contributed by atoms with E-state index in [1.165, 1.54) is 44.9 Å². The highest BCUT2D eigenvalue weighted by molar-refractivity contribution is 14.1. The summed E-state index contributed by atoms with van der Waals surface area (Å²) < 4.78 is 0.725. The fourth-order valence-electron chi connectivity index (χ4n) is 3.52. The van der Waals surface area contributed by atoms with E-state index in [9.17, 15) is 0 Å². The molecule has 0 aromatic carbocycles. The molecule has 0 aromatic heterocycles. The molecule has 0 heterocycles. The van der Waals surface area contributed by atoms with Crippen molar-refractivity contribution in [3.8, 4) is 0 Å². The van der Waals surface area contributed by atoms with Crippen molar-refractivity contribution >= 4 is 22.6 Å². The monoisotopic (exact) mass is 320 g/mol. The molecule has 3 aliphatic rings. The van der Waals surface area contributed by atoms with Crippen LogP contribution in [0.4, 0.5) is 0 Å². The zero-order chi connectivity index (χ0) is 10.8. The van der Waals surface area contributed by atoms with E-state index < -0.39 is 0 Å². The van der Waals surface area contributed by atoms with Crippen molar-refractivity contribution in [1.82, 2.24) is 0 Å². The lowest BCUT2D eigenvalue weighted by Gasteiger charge is -2.51. The fraction of sp³-hybridized carbons (Fsp3) is 1.00. The van der Waals surface area contributed by atoms with Gasteiger partial charge in [-0.2, -0.15) is 0 Å². The average Bonchev–Trinajstić information content (AvgIpc) is 2.27. The van der Waals surface area contributed by atoms with Crippen molar-refractivity contribution in [2.24, 2.45) is 5.41 Å². The Morgan fingerprint density at radius 1 is 0.867 bits per heavy atom. The molecule has 0 aromatic rings. The molecule has 0 unspecified atom stereocenters. The Morgan fingerprint density at radius 3 is 2.00 bits per heavy atom. The van der Waals surface area contributed by atoms with Crippen molar-refractivity contribution < 1.29 is 0 Å². The number of hydrogen-bond donors (Lipinski definition) is 0. The molecule has 3 aliphatic carbocycles. The van der Waals surface area contributed by atoms with E-state index in [1.807, 2.05) is 0 Å². The van der Waals surface area contributed by atoms with E-state index in [-0.39, 0.29) is 0 Å². The standard InChI is InChI=1S/C14H25I/c1-2-3-4-5-6-13-7-10-14(15,11-8-13)12-9-13/h2-12H2,1H3. The fourth-order valence-corrected chi connectivity index (χ4v) is 4.33. The van der Waals surface area contributed by atoms with Crippen molar-refractivity contribution in [2.45, 2.75) is 81.0 Å². The minimum Gasteiger partial charge on any atom is -0.0789 e. The molecule has 0 atom stereocenters. The maximum Gasteiger partial charge on any atom is 0.0223 e. The molecule has 0 radical (unpaired) electrons. The highest BCUT2D eigenvalue weighted by atomic mass is 127. The van der Waals surface area contributed by atoms with Crippen molar-refractivity contribution in [1.29, 1.82) is 0 Å². The van der Waals surface area contributed by atoms with Gasteiger partial charge < -0.3 is 0 Å². The lowest BCUT2D eigenvalue weighted by Crippen LogP contribution is -2.42. The normalized spacial score (nSPS) is 39.6. The maximum atomic E-state index is 2.75. The minimum absolute atomic E-state index is 0.725. The minimum atomic E-state index is 0.725. The zero-order valence-corrected chi connectivity index (χ0v) is 12.3. The molecule has 0 amide bonds. The SMILES string of the molecule is CCCCCCC12CCC(I)(CC1)CC2. The number of alkyl halides is 1. The third kappa shape index (κ3) is 2.89. The van der Waals surface area contributed by atoms with Crippen molar-refractivity contribution in [3.63, 3.8) is 0 Å². The Hall–Kier alpha value is 0.730. The first-order valence-electron chi connectivity index (χ1n) is 6.87. The Bertz CT molecular complexity index is 185. The van der Waals surface area contributed by atoms with Gasteiger partial charge in [-0.25, -0.2) is 0 Å². The van der Waals surface area contributed by atoms with Crippen LogP contribution in [0.15, 0.2) is 0 Å². The summed E-state index contributed by atoms with van der Waals surface area (Å²) in [5.74, 6) is 0. The zero-order valence-electron chi connectivity index (χ0n) is 10.2. The van der Waals surface area contributed by atoms with Gasteiger partial charge >= 0.3 is 0 Å². The van der Waals surface area contributed by atoms with Crippen LogP contribution < -0.4 is 0 Å². The van der Waals surface area contributed by atoms with E-state index in [0.717, 1.165) is 8.84 Å². The van der Waals surface area contributed by atoms with Gasteiger partial charge in [0, 0.05) is 3.42 Å². The van der Waals surface area contributed by atoms with Crippen LogP contribution in [0.25, 0.3) is 0 Å². The third-order valence-corrected chi connectivity index (χ3v) is 6.49. The van der Waals surface area contributed by atoms with Gasteiger partial charge in [0.2, 0.25) is 0 Å². The van der Waals surface area contributed by atoms with Gasteiger partial charge in [0.15, 0.2) is 0 Å². The predicted octanol–water partition coefficient (Wildman–Crippen LogP) is 5.48. The molecule has 0 nitrogen and oxygen atoms in total. The van der Waals surface area contributed by atoms with Crippen LogP contribution in [-0.2, 0) is 0 Å². The second kappa shape index (κ2) is 4.93. The average molecular weight is 320 g/mol. The molecule has 0 saturated heterocycles. The summed E-state index contributed by atoms with van der Waals surface area (Å²) in [5.41, 5.74) is 0.806. The smallest absolute Gasteiger partial charge is 0.0223 e. The largest absolute Gasteiger partial charge is 0.0789 e. The Labute approximate surface area is 109 Å². The maximum absolute atomic E-state index is 2.75. The number of unbranched alkanes of at least 4 members (excludes halogenated alkanes) is 3. The molecule has 2 bridgehead atoms. The second-order valence-corrected chi connectivity index (χ2v) is 8.25. The first-order valence-corrected chi connectivity index (χ1v) is 7.95. The molecular formula is C14H25I. The summed E-state index contributed by atoms with van der Waals surface area (Å²) in [5, 5.41) is 0. The highest BCUT2D eigenvalue weighted by Crippen LogP contribution is 2.58. The Balaban J connectivity index is 1.77. The summed E-state index contributed by atoms with van der Waals surface area (Å²) in [6.45, 7) is 2.31. The van der Waals surface area contributed by atoms with Crippen LogP contribution in [-0.4, -0.2) is 3.42 Å². The van der Waals surface area contributed by atoms with E-state index in [0.29, 0.717) is 0 Å². The lowest BCUT2D eigenvalue weighted by atomic mass is 9.59. The molecule has 88 valence electrons. The quantitative estimate of drug-likeness (QED) is 0.357. The number of hydrogen-bond acceptors (Lipinski definition) is 0. The third-order valence-electron chi connectivity index (χ3n) is 4.87. The topological polar surface area (TPSA) is 0 Å². The van der Waals surface area contributed by atoms with Gasteiger partial charge in [0.25, 0.3) is 0 Å². The number of halogens is 1. The predicted molar refractivity (Wildman–Crippen MR) is 75.6 cm³/mol. The van der Waals surface area contributed by atoms with Gasteiger partial charge in [0.1, 0.15) is 0 Å². The van der Waals surface area contributed by atoms with Crippen LogP contribution >= 0.6 is 22.6 Å². The lowest BCUT2D eigenvalue weighted by molar-refractivity contribution is 0.0770. The molecular weight excluding hydrogens is 295 g/mol. The van der Waals surface area contributed by atoms with Crippen LogP contribution in [0.2, 0.25) is 0 Å². The van der Waals surface area contributed by atoms with Gasteiger partial charge in [0.05, 0.1) is 0 Å². The van der Waals surface area contributed by atoms with E-state index in [4.69, 9.17) is 0 Å². The van der Waals surface area contributed by atoms with Crippen molar-refractivity contribution in [3.05, 3.63) is 0 Å². The highest BCUT2D eigenvalue weighted by Gasteiger charge is 2.46. The van der Waals surface area contributed by atoms with Crippen LogP contribution in [0, 0.1) is 5.41 Å². The molecule has 15 heavy (non-hydrogen) atoms. The summed E-state index contributed by atoms with van der Waals surface area (Å²) in [7, 11) is 0. The second-order valence-electron chi connectivity index (χ2n) is 5.96. The van der Waals surface area contributed by atoms with Crippen molar-refractivity contribution in [2.75, 3.05) is 0 Å². The molecule has 3 fully saturated rings. The van der Waals surface area contributed by atoms with E-state index in [1.54, 1.807) is 25.7 Å². The molecule has 0 spiro atoms. The van der Waals surface area contributed by atoms with E-state index >= 15 is 0 Å². The van der Waals surface area contributed by atoms with Crippen LogP contribution in [0.3, 0.4) is 0 Å². The van der Waals surface area contributed by atoms with E-state index in [2.05, 4.69) is 29.5 Å². The first kappa shape index (κ1) is 12.2. The first-order chi connectivity index (χ1) is 7.18. The summed E-state index contributed by atoms with van der Waals surface area (Å²) in [4.78, 5) is 0. The Morgan fingerprint density at radius 2 is 1.47 bits per heavy atom. The summed E-state index contributed by atoms with van der Waals surface area (Å²) >= 11 is 2.75. The van der Waals surface area contributed by atoms with Gasteiger partial charge in [-0.3, -0.25) is 0 Å². The molecule has 3 saturated carbocycles. The Kier molecular flexibility index (Phi) is 4.01. The molecule has 0 N–H and O–H groups in total. The number of fused-ring (bicyclic) bond motifs is 3. The molecule has 3 rings (SSSR count). The molecule has 0 aliphatic heterocycles.